The van der Waals surface area contributed by atoms with Gasteiger partial charge in [-0.2, -0.15) is 13.2 Å². The van der Waals surface area contributed by atoms with Crippen LogP contribution in [0.1, 0.15) is 23.2 Å². The summed E-state index contributed by atoms with van der Waals surface area (Å²) in [6.45, 7) is 2.74. The molecule has 1 amide bonds. The number of carbonyl (C=O) groups excluding carboxylic acids is 1. The van der Waals surface area contributed by atoms with Gasteiger partial charge in [-0.15, -0.1) is 21.5 Å². The monoisotopic (exact) mass is 377 g/mol. The number of halogens is 3. The molecule has 3 rings (SSSR count). The van der Waals surface area contributed by atoms with Crippen molar-refractivity contribution in [1.82, 2.24) is 19.8 Å². The van der Waals surface area contributed by atoms with Crippen LogP contribution in [-0.4, -0.2) is 37.5 Å². The molecule has 2 aromatic rings. The molecule has 0 saturated carbocycles. The molecule has 0 saturated heterocycles. The normalized spacial score (nSPS) is 16.1. The number of thioether (sulfide) groups is 1. The molecule has 1 aliphatic heterocycles. The summed E-state index contributed by atoms with van der Waals surface area (Å²) in [4.78, 5) is 15.5. The predicted octanol–water partition coefficient (Wildman–Crippen LogP) is 2.14. The number of amides is 1. The lowest BCUT2D eigenvalue weighted by molar-refractivity contribution is -0.146. The van der Waals surface area contributed by atoms with Crippen LogP contribution in [0, 0.1) is 0 Å². The number of hydrogen-bond acceptors (Lipinski definition) is 6. The minimum atomic E-state index is -4.68. The van der Waals surface area contributed by atoms with Gasteiger partial charge < -0.3 is 10.7 Å². The van der Waals surface area contributed by atoms with Gasteiger partial charge in [0.1, 0.15) is 0 Å². The molecule has 3 heterocycles. The van der Waals surface area contributed by atoms with Crippen molar-refractivity contribution < 1.29 is 18.0 Å². The highest BCUT2D eigenvalue weighted by Gasteiger charge is 2.39. The summed E-state index contributed by atoms with van der Waals surface area (Å²) < 4.78 is 38.4. The topological polar surface area (TPSA) is 77.0 Å². The highest BCUT2D eigenvalue weighted by molar-refractivity contribution is 8.00. The smallest absolute Gasteiger partial charge is 0.337 e. The third kappa shape index (κ3) is 3.22. The first-order chi connectivity index (χ1) is 11.3. The van der Waals surface area contributed by atoms with Gasteiger partial charge in [0.05, 0.1) is 5.25 Å². The number of carbonyl (C=O) groups is 1. The van der Waals surface area contributed by atoms with Crippen molar-refractivity contribution in [1.29, 1.82) is 0 Å². The maximum Gasteiger partial charge on any atom is 0.453 e. The van der Waals surface area contributed by atoms with Gasteiger partial charge in [-0.3, -0.25) is 4.79 Å². The third-order valence-corrected chi connectivity index (χ3v) is 5.73. The lowest BCUT2D eigenvalue weighted by atomic mass is 10.1. The van der Waals surface area contributed by atoms with E-state index in [0.717, 1.165) is 23.7 Å². The summed E-state index contributed by atoms with van der Waals surface area (Å²) in [5.74, 6) is 3.95. The number of hydrogen-bond donors (Lipinski definition) is 1. The molecule has 0 spiro atoms. The van der Waals surface area contributed by atoms with Crippen LogP contribution in [0.3, 0.4) is 0 Å². The minimum absolute atomic E-state index is 0.142. The molecule has 6 nitrogen and oxygen atoms in total. The predicted molar refractivity (Wildman–Crippen MR) is 83.9 cm³/mol. The highest BCUT2D eigenvalue weighted by atomic mass is 32.2. The van der Waals surface area contributed by atoms with Crippen molar-refractivity contribution in [2.75, 3.05) is 12.4 Å². The molecule has 2 N–H and O–H groups in total. The van der Waals surface area contributed by atoms with E-state index in [0.29, 0.717) is 17.8 Å². The van der Waals surface area contributed by atoms with Gasteiger partial charge in [-0.25, -0.2) is 4.68 Å². The molecule has 0 aromatic carbocycles. The largest absolute Gasteiger partial charge is 0.453 e. The molecule has 0 bridgehead atoms. The van der Waals surface area contributed by atoms with Gasteiger partial charge >= 0.3 is 6.18 Å². The fourth-order valence-corrected chi connectivity index (χ4v) is 4.20. The second-order valence-corrected chi connectivity index (χ2v) is 7.62. The summed E-state index contributed by atoms with van der Waals surface area (Å²) in [5, 5.41) is 7.73. The number of aromatic nitrogens is 3. The molecule has 0 radical (unpaired) electrons. The van der Waals surface area contributed by atoms with Crippen LogP contribution >= 0.6 is 23.1 Å². The van der Waals surface area contributed by atoms with E-state index in [4.69, 9.17) is 5.84 Å². The molecule has 11 heteroatoms. The first-order valence-electron chi connectivity index (χ1n) is 7.05. The number of nitrogens with two attached hydrogens (primary N) is 1. The van der Waals surface area contributed by atoms with Crippen molar-refractivity contribution in [2.24, 2.45) is 0 Å². The van der Waals surface area contributed by atoms with Crippen molar-refractivity contribution in [2.45, 2.75) is 36.5 Å². The number of rotatable bonds is 3. The van der Waals surface area contributed by atoms with Crippen LogP contribution in [0.25, 0.3) is 0 Å². The summed E-state index contributed by atoms with van der Waals surface area (Å²) in [7, 11) is 0. The molecule has 2 aromatic heterocycles. The van der Waals surface area contributed by atoms with E-state index >= 15 is 0 Å². The van der Waals surface area contributed by atoms with Crippen molar-refractivity contribution in [3.05, 3.63) is 27.7 Å². The SMILES string of the molecule is CC(Sc1nnc(C(F)(F)F)n1N)C(=O)N1CCc2sccc2C1. The van der Waals surface area contributed by atoms with E-state index in [1.807, 2.05) is 11.4 Å². The zero-order valence-corrected chi connectivity index (χ0v) is 14.2. The molecule has 24 heavy (non-hydrogen) atoms. The Bertz CT molecular complexity index is 757. The average molecular weight is 377 g/mol. The Balaban J connectivity index is 1.68. The number of nitrogens with zero attached hydrogens (tertiary/aromatic N) is 4. The van der Waals surface area contributed by atoms with Crippen LogP contribution < -0.4 is 5.84 Å². The average Bonchev–Trinajstić information content (AvgIpc) is 3.12. The Hall–Kier alpha value is -1.75. The standard InChI is InChI=1S/C13H14F3N5OS2/c1-7(24-12-19-18-11(21(12)17)13(14,15)16)10(22)20-4-2-9-8(6-20)3-5-23-9/h3,5,7H,2,4,6,17H2,1H3. The number of thiophene rings is 1. The van der Waals surface area contributed by atoms with Crippen molar-refractivity contribution in [3.8, 4) is 0 Å². The van der Waals surface area contributed by atoms with E-state index in [1.165, 1.54) is 4.88 Å². The van der Waals surface area contributed by atoms with Gasteiger partial charge in [0.2, 0.25) is 11.1 Å². The molecular formula is C13H14F3N5OS2. The quantitative estimate of drug-likeness (QED) is 0.655. The Morgan fingerprint density at radius 3 is 2.88 bits per heavy atom. The Kier molecular flexibility index (Phi) is 4.47. The number of fused-ring (bicyclic) bond motifs is 1. The highest BCUT2D eigenvalue weighted by Crippen LogP contribution is 2.31. The van der Waals surface area contributed by atoms with Crippen molar-refractivity contribution in [3.63, 3.8) is 0 Å². The lowest BCUT2D eigenvalue weighted by Gasteiger charge is -2.29. The lowest BCUT2D eigenvalue weighted by Crippen LogP contribution is -2.39. The summed E-state index contributed by atoms with van der Waals surface area (Å²) in [6, 6.07) is 1.99. The fourth-order valence-electron chi connectivity index (χ4n) is 2.45. The molecule has 0 fully saturated rings. The van der Waals surface area contributed by atoms with E-state index in [2.05, 4.69) is 10.2 Å². The third-order valence-electron chi connectivity index (χ3n) is 3.67. The number of nitrogen functional groups attached to an aromatic ring is 1. The van der Waals surface area contributed by atoms with Crippen molar-refractivity contribution >= 4 is 29.0 Å². The summed E-state index contributed by atoms with van der Waals surface area (Å²) >= 11 is 2.54. The van der Waals surface area contributed by atoms with E-state index in [9.17, 15) is 18.0 Å². The van der Waals surface area contributed by atoms with Crippen LogP contribution in [0.5, 0.6) is 0 Å². The minimum Gasteiger partial charge on any atom is -0.337 e. The van der Waals surface area contributed by atoms with Gasteiger partial charge in [0.25, 0.3) is 5.82 Å². The second-order valence-electron chi connectivity index (χ2n) is 5.31. The first-order valence-corrected chi connectivity index (χ1v) is 8.81. The van der Waals surface area contributed by atoms with Crippen LogP contribution in [-0.2, 0) is 23.9 Å². The summed E-state index contributed by atoms with van der Waals surface area (Å²) in [5.41, 5.74) is 1.12. The maximum atomic E-state index is 12.7. The van der Waals surface area contributed by atoms with Gasteiger partial charge in [0, 0.05) is 18.0 Å². The number of alkyl halides is 3. The fraction of sp³-hybridized carbons (Fsp3) is 0.462. The van der Waals surface area contributed by atoms with E-state index < -0.39 is 17.3 Å². The Morgan fingerprint density at radius 1 is 1.46 bits per heavy atom. The molecule has 1 unspecified atom stereocenters. The molecule has 130 valence electrons. The van der Waals surface area contributed by atoms with Crippen LogP contribution in [0.4, 0.5) is 13.2 Å². The zero-order valence-electron chi connectivity index (χ0n) is 12.6. The molecule has 0 aliphatic carbocycles. The molecule has 1 atom stereocenters. The second kappa shape index (κ2) is 6.28. The zero-order chi connectivity index (χ0) is 17.5. The van der Waals surface area contributed by atoms with Gasteiger partial charge in [-0.1, -0.05) is 11.8 Å². The molecule has 1 aliphatic rings. The Morgan fingerprint density at radius 2 is 2.21 bits per heavy atom. The Labute approximate surface area is 143 Å². The van der Waals surface area contributed by atoms with Crippen LogP contribution in [0.2, 0.25) is 0 Å². The van der Waals surface area contributed by atoms with E-state index in [1.54, 1.807) is 23.2 Å². The maximum absolute atomic E-state index is 12.7. The van der Waals surface area contributed by atoms with Gasteiger partial charge in [-0.05, 0) is 30.4 Å². The van der Waals surface area contributed by atoms with E-state index in [-0.39, 0.29) is 11.1 Å². The first kappa shape index (κ1) is 17.1. The summed E-state index contributed by atoms with van der Waals surface area (Å²) in [6.07, 6.45) is -3.89. The van der Waals surface area contributed by atoms with Crippen LogP contribution in [0.15, 0.2) is 16.6 Å². The molecular weight excluding hydrogens is 363 g/mol. The van der Waals surface area contributed by atoms with Gasteiger partial charge in [0.15, 0.2) is 0 Å².